The second-order valence-electron chi connectivity index (χ2n) is 12.0. The minimum Gasteiger partial charge on any atom is -0.495 e. The molecule has 9 heteroatoms. The van der Waals surface area contributed by atoms with Gasteiger partial charge in [0.1, 0.15) is 5.75 Å². The van der Waals surface area contributed by atoms with Crippen LogP contribution in [0.5, 0.6) is 5.75 Å². The highest BCUT2D eigenvalue weighted by atomic mass is 16.6. The second kappa shape index (κ2) is 13.3. The summed E-state index contributed by atoms with van der Waals surface area (Å²) in [6, 6.07) is 21.6. The van der Waals surface area contributed by atoms with Crippen molar-refractivity contribution in [3.05, 3.63) is 84.2 Å². The number of nitrogens with one attached hydrogen (secondary N) is 2. The van der Waals surface area contributed by atoms with E-state index >= 15 is 0 Å². The molecule has 0 bridgehead atoms. The van der Waals surface area contributed by atoms with Crippen molar-refractivity contribution in [3.8, 4) is 16.9 Å². The van der Waals surface area contributed by atoms with Crippen LogP contribution in [0.25, 0.3) is 21.9 Å². The summed E-state index contributed by atoms with van der Waals surface area (Å²) in [5, 5.41) is 7.95. The summed E-state index contributed by atoms with van der Waals surface area (Å²) < 4.78 is 10.6. The number of anilines is 2. The number of piperazine rings is 1. The van der Waals surface area contributed by atoms with Gasteiger partial charge in [-0.2, -0.15) is 0 Å². The summed E-state index contributed by atoms with van der Waals surface area (Å²) in [4.78, 5) is 34.0. The van der Waals surface area contributed by atoms with Crippen molar-refractivity contribution < 1.29 is 19.1 Å². The lowest BCUT2D eigenvalue weighted by atomic mass is 9.87. The average Bonchev–Trinajstić information content (AvgIpc) is 3.02. The summed E-state index contributed by atoms with van der Waals surface area (Å²) in [6.45, 7) is 12.2. The van der Waals surface area contributed by atoms with Crippen LogP contribution in [0.2, 0.25) is 0 Å². The minimum absolute atomic E-state index is 0.0703. The fourth-order valence-corrected chi connectivity index (χ4v) is 5.42. The molecule has 0 radical (unpaired) electrons. The van der Waals surface area contributed by atoms with Gasteiger partial charge in [0.25, 0.3) is 0 Å². The van der Waals surface area contributed by atoms with Crippen molar-refractivity contribution >= 4 is 34.3 Å². The van der Waals surface area contributed by atoms with E-state index < -0.39 is 0 Å². The van der Waals surface area contributed by atoms with Crippen LogP contribution in [0.4, 0.5) is 21.0 Å². The van der Waals surface area contributed by atoms with Gasteiger partial charge in [-0.05, 0) is 53.1 Å². The molecule has 1 fully saturated rings. The molecular weight excluding hydrogens is 554 g/mol. The Kier molecular flexibility index (Phi) is 9.35. The first kappa shape index (κ1) is 30.8. The Morgan fingerprint density at radius 2 is 1.61 bits per heavy atom. The number of hydrogen-bond donors (Lipinski definition) is 2. The zero-order valence-electron chi connectivity index (χ0n) is 26.1. The highest BCUT2D eigenvalue weighted by Gasteiger charge is 2.22. The summed E-state index contributed by atoms with van der Waals surface area (Å²) in [6.07, 6.45) is 1.66. The van der Waals surface area contributed by atoms with Crippen LogP contribution in [-0.2, 0) is 16.7 Å². The molecule has 2 N–H and O–H groups in total. The number of aromatic nitrogens is 1. The molecule has 5 rings (SSSR count). The molecule has 1 aromatic heterocycles. The Hall–Kier alpha value is -4.63. The van der Waals surface area contributed by atoms with Gasteiger partial charge >= 0.3 is 12.1 Å². The zero-order chi connectivity index (χ0) is 31.3. The molecule has 9 nitrogen and oxygen atoms in total. The smallest absolute Gasteiger partial charge is 0.409 e. The normalized spacial score (nSPS) is 13.9. The third kappa shape index (κ3) is 7.11. The minimum atomic E-state index is -0.346. The number of pyridine rings is 1. The van der Waals surface area contributed by atoms with Crippen molar-refractivity contribution in [1.82, 2.24) is 14.8 Å². The number of carbonyl (C=O) groups is 2. The molecule has 4 aromatic rings. The van der Waals surface area contributed by atoms with Crippen molar-refractivity contribution in [2.75, 3.05) is 50.5 Å². The summed E-state index contributed by atoms with van der Waals surface area (Å²) in [5.41, 5.74) is 5.36. The van der Waals surface area contributed by atoms with E-state index in [1.54, 1.807) is 12.0 Å². The van der Waals surface area contributed by atoms with Crippen molar-refractivity contribution in [2.24, 2.45) is 0 Å². The van der Waals surface area contributed by atoms with Gasteiger partial charge in [0.2, 0.25) is 0 Å². The van der Waals surface area contributed by atoms with Crippen LogP contribution in [0.15, 0.2) is 72.9 Å². The molecule has 3 amide bonds. The lowest BCUT2D eigenvalue weighted by Gasteiger charge is -2.33. The predicted molar refractivity (Wildman–Crippen MR) is 175 cm³/mol. The third-order valence-electron chi connectivity index (χ3n) is 7.91. The van der Waals surface area contributed by atoms with E-state index in [0.717, 1.165) is 52.8 Å². The Morgan fingerprint density at radius 1 is 0.886 bits per heavy atom. The number of urea groups is 1. The van der Waals surface area contributed by atoms with Gasteiger partial charge in [0.15, 0.2) is 0 Å². The highest BCUT2D eigenvalue weighted by Crippen LogP contribution is 2.34. The van der Waals surface area contributed by atoms with E-state index in [2.05, 4.69) is 54.5 Å². The molecule has 0 atom stereocenters. The van der Waals surface area contributed by atoms with Crippen LogP contribution in [-0.4, -0.2) is 66.8 Å². The number of amides is 3. The Labute approximate surface area is 259 Å². The molecular formula is C35H41N5O4. The van der Waals surface area contributed by atoms with Crippen molar-refractivity contribution in [3.63, 3.8) is 0 Å². The molecule has 44 heavy (non-hydrogen) atoms. The maximum absolute atomic E-state index is 13.2. The van der Waals surface area contributed by atoms with E-state index in [0.29, 0.717) is 36.8 Å². The standard InChI is InChI=1S/C35H41N5O4/c1-6-44-34(42)40-19-17-39(18-20-40)23-26-13-11-24(22-36-26)27-14-15-30(29-10-8-7-9-28(27)29)37-33(41)38-31-21-25(35(2,3)4)12-16-32(31)43-5/h7-16,21-22H,6,17-20,23H2,1-5H3,(H2,37,38,41). The summed E-state index contributed by atoms with van der Waals surface area (Å²) in [5.74, 6) is 0.600. The number of fused-ring (bicyclic) bond motifs is 1. The first-order valence-corrected chi connectivity index (χ1v) is 15.0. The topological polar surface area (TPSA) is 96.0 Å². The van der Waals surface area contributed by atoms with Gasteiger partial charge in [-0.3, -0.25) is 9.88 Å². The first-order valence-electron chi connectivity index (χ1n) is 15.0. The molecule has 0 saturated carbocycles. The SMILES string of the molecule is CCOC(=O)N1CCN(Cc2ccc(-c3ccc(NC(=O)Nc4cc(C(C)(C)C)ccc4OC)c4ccccc34)cn2)CC1. The molecule has 1 aliphatic rings. The maximum Gasteiger partial charge on any atom is 0.409 e. The molecule has 1 saturated heterocycles. The molecule has 0 aliphatic carbocycles. The second-order valence-corrected chi connectivity index (χ2v) is 12.0. The molecule has 2 heterocycles. The number of rotatable bonds is 7. The number of nitrogens with zero attached hydrogens (tertiary/aromatic N) is 3. The average molecular weight is 596 g/mol. The first-order chi connectivity index (χ1) is 21.2. The quantitative estimate of drug-likeness (QED) is 0.236. The fourth-order valence-electron chi connectivity index (χ4n) is 5.42. The van der Waals surface area contributed by atoms with Crippen LogP contribution in [0.1, 0.15) is 39.0 Å². The third-order valence-corrected chi connectivity index (χ3v) is 7.91. The van der Waals surface area contributed by atoms with E-state index in [1.807, 2.05) is 61.7 Å². The number of hydrogen-bond acceptors (Lipinski definition) is 6. The van der Waals surface area contributed by atoms with Crippen molar-refractivity contribution in [1.29, 1.82) is 0 Å². The van der Waals surface area contributed by atoms with Crippen LogP contribution >= 0.6 is 0 Å². The van der Waals surface area contributed by atoms with E-state index in [4.69, 9.17) is 14.5 Å². The molecule has 1 aliphatic heterocycles. The maximum atomic E-state index is 13.2. The number of carbonyl (C=O) groups excluding carboxylic acids is 2. The molecule has 230 valence electrons. The lowest BCUT2D eigenvalue weighted by molar-refractivity contribution is 0.0775. The largest absolute Gasteiger partial charge is 0.495 e. The van der Waals surface area contributed by atoms with Crippen LogP contribution in [0, 0.1) is 0 Å². The predicted octanol–water partition coefficient (Wildman–Crippen LogP) is 7.13. The zero-order valence-corrected chi connectivity index (χ0v) is 26.1. The number of ether oxygens (including phenoxy) is 2. The number of methoxy groups -OCH3 is 1. The van der Waals surface area contributed by atoms with Crippen molar-refractivity contribution in [2.45, 2.75) is 39.7 Å². The highest BCUT2D eigenvalue weighted by molar-refractivity contribution is 6.10. The van der Waals surface area contributed by atoms with E-state index in [-0.39, 0.29) is 17.5 Å². The van der Waals surface area contributed by atoms with Gasteiger partial charge in [0, 0.05) is 49.9 Å². The van der Waals surface area contributed by atoms with Gasteiger partial charge < -0.3 is 25.0 Å². The lowest BCUT2D eigenvalue weighted by Crippen LogP contribution is -2.48. The van der Waals surface area contributed by atoms with Gasteiger partial charge in [-0.25, -0.2) is 9.59 Å². The van der Waals surface area contributed by atoms with Crippen LogP contribution in [0.3, 0.4) is 0 Å². The molecule has 0 spiro atoms. The number of benzene rings is 3. The van der Waals surface area contributed by atoms with E-state index in [9.17, 15) is 9.59 Å². The summed E-state index contributed by atoms with van der Waals surface area (Å²) >= 11 is 0. The molecule has 0 unspecified atom stereocenters. The Morgan fingerprint density at radius 3 is 2.27 bits per heavy atom. The van der Waals surface area contributed by atoms with Gasteiger partial charge in [-0.1, -0.05) is 63.2 Å². The Bertz CT molecular complexity index is 1620. The summed E-state index contributed by atoms with van der Waals surface area (Å²) in [7, 11) is 1.59. The monoisotopic (exact) mass is 595 g/mol. The molecule has 3 aromatic carbocycles. The van der Waals surface area contributed by atoms with Crippen LogP contribution < -0.4 is 15.4 Å². The Balaban J connectivity index is 1.29. The fraction of sp³-hybridized carbons (Fsp3) is 0.343. The van der Waals surface area contributed by atoms with E-state index in [1.165, 1.54) is 0 Å². The van der Waals surface area contributed by atoms with Gasteiger partial charge in [0.05, 0.1) is 30.8 Å². The van der Waals surface area contributed by atoms with Gasteiger partial charge in [-0.15, -0.1) is 0 Å².